The summed E-state index contributed by atoms with van der Waals surface area (Å²) in [6.45, 7) is 8.51. The molecule has 0 aliphatic carbocycles. The molecule has 2 aromatic heterocycles. The van der Waals surface area contributed by atoms with Gasteiger partial charge in [-0.05, 0) is 36.6 Å². The van der Waals surface area contributed by atoms with Gasteiger partial charge < -0.3 is 4.42 Å². The van der Waals surface area contributed by atoms with Crippen LogP contribution in [0.15, 0.2) is 47.3 Å². The van der Waals surface area contributed by atoms with Gasteiger partial charge in [-0.2, -0.15) is 0 Å². The SMILES string of the molecule is CC(C)C(C)N(Cc1cccnc1)Cc1ccco1. The first-order valence-electron chi connectivity index (χ1n) is 6.82. The lowest BCUT2D eigenvalue weighted by atomic mass is 10.0. The lowest BCUT2D eigenvalue weighted by Gasteiger charge is -2.31. The monoisotopic (exact) mass is 258 g/mol. The minimum absolute atomic E-state index is 0.491. The van der Waals surface area contributed by atoms with E-state index in [2.05, 4.69) is 36.7 Å². The Bertz CT molecular complexity index is 465. The molecular formula is C16H22N2O. The van der Waals surface area contributed by atoms with Crippen molar-refractivity contribution in [2.45, 2.75) is 39.9 Å². The van der Waals surface area contributed by atoms with Gasteiger partial charge in [-0.3, -0.25) is 9.88 Å². The Balaban J connectivity index is 2.10. The van der Waals surface area contributed by atoms with Crippen LogP contribution in [0.3, 0.4) is 0 Å². The first-order valence-corrected chi connectivity index (χ1v) is 6.82. The molecule has 2 heterocycles. The minimum Gasteiger partial charge on any atom is -0.468 e. The van der Waals surface area contributed by atoms with Gasteiger partial charge in [-0.1, -0.05) is 19.9 Å². The maximum Gasteiger partial charge on any atom is 0.117 e. The molecule has 0 radical (unpaired) electrons. The molecule has 0 fully saturated rings. The van der Waals surface area contributed by atoms with Crippen molar-refractivity contribution in [2.75, 3.05) is 0 Å². The molecule has 0 spiro atoms. The van der Waals surface area contributed by atoms with Crippen LogP contribution >= 0.6 is 0 Å². The second kappa shape index (κ2) is 6.53. The summed E-state index contributed by atoms with van der Waals surface area (Å²) in [6, 6.07) is 8.57. The quantitative estimate of drug-likeness (QED) is 0.790. The first kappa shape index (κ1) is 13.8. The van der Waals surface area contributed by atoms with E-state index >= 15 is 0 Å². The largest absolute Gasteiger partial charge is 0.468 e. The summed E-state index contributed by atoms with van der Waals surface area (Å²) >= 11 is 0. The first-order chi connectivity index (χ1) is 9.16. The fraction of sp³-hybridized carbons (Fsp3) is 0.438. The average Bonchev–Trinajstić information content (AvgIpc) is 2.91. The van der Waals surface area contributed by atoms with Crippen molar-refractivity contribution in [3.63, 3.8) is 0 Å². The number of furan rings is 1. The topological polar surface area (TPSA) is 29.3 Å². The molecule has 0 N–H and O–H groups in total. The van der Waals surface area contributed by atoms with Gasteiger partial charge in [0.05, 0.1) is 12.8 Å². The summed E-state index contributed by atoms with van der Waals surface area (Å²) in [4.78, 5) is 6.62. The standard InChI is InChI=1S/C16H22N2O/c1-13(2)14(3)18(12-16-7-5-9-19-16)11-15-6-4-8-17-10-15/h4-10,13-14H,11-12H2,1-3H3. The zero-order valence-electron chi connectivity index (χ0n) is 11.9. The fourth-order valence-electron chi connectivity index (χ4n) is 2.09. The lowest BCUT2D eigenvalue weighted by Crippen LogP contribution is -2.35. The molecule has 2 aromatic rings. The highest BCUT2D eigenvalue weighted by molar-refractivity contribution is 5.09. The van der Waals surface area contributed by atoms with E-state index in [4.69, 9.17) is 4.42 Å². The number of hydrogen-bond acceptors (Lipinski definition) is 3. The van der Waals surface area contributed by atoms with Crippen LogP contribution in [0.5, 0.6) is 0 Å². The highest BCUT2D eigenvalue weighted by atomic mass is 16.3. The van der Waals surface area contributed by atoms with Crippen molar-refractivity contribution in [3.05, 3.63) is 54.2 Å². The lowest BCUT2D eigenvalue weighted by molar-refractivity contribution is 0.140. The van der Waals surface area contributed by atoms with Gasteiger partial charge in [-0.15, -0.1) is 0 Å². The molecule has 1 atom stereocenters. The molecule has 0 aliphatic rings. The Morgan fingerprint density at radius 1 is 1.16 bits per heavy atom. The van der Waals surface area contributed by atoms with Gasteiger partial charge in [0.2, 0.25) is 0 Å². The molecular weight excluding hydrogens is 236 g/mol. The van der Waals surface area contributed by atoms with Crippen LogP contribution in [0.2, 0.25) is 0 Å². The predicted molar refractivity (Wildman–Crippen MR) is 76.5 cm³/mol. The van der Waals surface area contributed by atoms with Gasteiger partial charge in [0.25, 0.3) is 0 Å². The smallest absolute Gasteiger partial charge is 0.117 e. The van der Waals surface area contributed by atoms with Crippen molar-refractivity contribution in [1.82, 2.24) is 9.88 Å². The molecule has 0 saturated carbocycles. The summed E-state index contributed by atoms with van der Waals surface area (Å²) < 4.78 is 5.47. The molecule has 2 rings (SSSR count). The Labute approximate surface area is 115 Å². The second-order valence-electron chi connectivity index (χ2n) is 5.33. The van der Waals surface area contributed by atoms with E-state index in [1.807, 2.05) is 30.6 Å². The van der Waals surface area contributed by atoms with Gasteiger partial charge >= 0.3 is 0 Å². The predicted octanol–water partition coefficient (Wildman–Crippen LogP) is 3.72. The summed E-state index contributed by atoms with van der Waals surface area (Å²) in [6.07, 6.45) is 5.48. The molecule has 0 amide bonds. The number of hydrogen-bond donors (Lipinski definition) is 0. The number of rotatable bonds is 6. The molecule has 102 valence electrons. The zero-order chi connectivity index (χ0) is 13.7. The third-order valence-corrected chi connectivity index (χ3v) is 3.59. The number of pyridine rings is 1. The van der Waals surface area contributed by atoms with Gasteiger partial charge in [0.1, 0.15) is 5.76 Å². The van der Waals surface area contributed by atoms with Crippen LogP contribution < -0.4 is 0 Å². The van der Waals surface area contributed by atoms with Gasteiger partial charge in [0, 0.05) is 25.0 Å². The van der Waals surface area contributed by atoms with Crippen molar-refractivity contribution in [2.24, 2.45) is 5.92 Å². The summed E-state index contributed by atoms with van der Waals surface area (Å²) in [5.74, 6) is 1.61. The Morgan fingerprint density at radius 3 is 2.58 bits per heavy atom. The van der Waals surface area contributed by atoms with Gasteiger partial charge in [-0.25, -0.2) is 0 Å². The third-order valence-electron chi connectivity index (χ3n) is 3.59. The van der Waals surface area contributed by atoms with Crippen molar-refractivity contribution in [3.8, 4) is 0 Å². The normalized spacial score (nSPS) is 13.1. The maximum absolute atomic E-state index is 5.47. The van der Waals surface area contributed by atoms with Crippen LogP contribution in [0.25, 0.3) is 0 Å². The van der Waals surface area contributed by atoms with Crippen molar-refractivity contribution < 1.29 is 4.42 Å². The van der Waals surface area contributed by atoms with E-state index in [9.17, 15) is 0 Å². The highest BCUT2D eigenvalue weighted by Crippen LogP contribution is 2.17. The summed E-state index contributed by atoms with van der Waals surface area (Å²) in [7, 11) is 0. The van der Waals surface area contributed by atoms with Crippen LogP contribution in [0.4, 0.5) is 0 Å². The Morgan fingerprint density at radius 2 is 2.00 bits per heavy atom. The van der Waals surface area contributed by atoms with Crippen molar-refractivity contribution in [1.29, 1.82) is 0 Å². The van der Waals surface area contributed by atoms with E-state index in [1.54, 1.807) is 6.26 Å². The van der Waals surface area contributed by atoms with Crippen LogP contribution in [-0.2, 0) is 13.1 Å². The fourth-order valence-corrected chi connectivity index (χ4v) is 2.09. The Kier molecular flexibility index (Phi) is 4.74. The maximum atomic E-state index is 5.47. The molecule has 3 heteroatoms. The van der Waals surface area contributed by atoms with Crippen LogP contribution in [0.1, 0.15) is 32.1 Å². The molecule has 0 aromatic carbocycles. The average molecular weight is 258 g/mol. The van der Waals surface area contributed by atoms with E-state index in [-0.39, 0.29) is 0 Å². The highest BCUT2D eigenvalue weighted by Gasteiger charge is 2.18. The molecule has 1 unspecified atom stereocenters. The number of aromatic nitrogens is 1. The van der Waals surface area contributed by atoms with E-state index in [0.717, 1.165) is 18.8 Å². The molecule has 19 heavy (non-hydrogen) atoms. The van der Waals surface area contributed by atoms with E-state index < -0.39 is 0 Å². The number of nitrogens with zero attached hydrogens (tertiary/aromatic N) is 2. The van der Waals surface area contributed by atoms with Crippen LogP contribution in [-0.4, -0.2) is 15.9 Å². The molecule has 0 aliphatic heterocycles. The minimum atomic E-state index is 0.491. The summed E-state index contributed by atoms with van der Waals surface area (Å²) in [5, 5.41) is 0. The van der Waals surface area contributed by atoms with E-state index in [1.165, 1.54) is 5.56 Å². The molecule has 0 bridgehead atoms. The Hall–Kier alpha value is -1.61. The second-order valence-corrected chi connectivity index (χ2v) is 5.33. The zero-order valence-corrected chi connectivity index (χ0v) is 11.9. The molecule has 3 nitrogen and oxygen atoms in total. The van der Waals surface area contributed by atoms with Crippen LogP contribution in [0, 0.1) is 5.92 Å². The molecule has 0 saturated heterocycles. The summed E-state index contributed by atoms with van der Waals surface area (Å²) in [5.41, 5.74) is 1.24. The third kappa shape index (κ3) is 3.93. The van der Waals surface area contributed by atoms with Crippen molar-refractivity contribution >= 4 is 0 Å². The van der Waals surface area contributed by atoms with E-state index in [0.29, 0.717) is 12.0 Å². The van der Waals surface area contributed by atoms with Gasteiger partial charge in [0.15, 0.2) is 0 Å².